The van der Waals surface area contributed by atoms with Gasteiger partial charge >= 0.3 is 0 Å². The van der Waals surface area contributed by atoms with Crippen LogP contribution in [-0.4, -0.2) is 24.1 Å². The Balaban J connectivity index is 1.18. The van der Waals surface area contributed by atoms with E-state index < -0.39 is 0 Å². The Morgan fingerprint density at radius 2 is 0.712 bits per heavy atom. The molecule has 2 aliphatic rings. The second-order valence-electron chi connectivity index (χ2n) is 13.3. The van der Waals surface area contributed by atoms with Gasteiger partial charge in [-0.15, -0.1) is 0 Å². The van der Waals surface area contributed by atoms with Crippen LogP contribution >= 0.6 is 0 Å². The zero-order valence-corrected chi connectivity index (χ0v) is 27.7. The highest BCUT2D eigenvalue weighted by molar-refractivity contribution is 6.17. The monoisotopic (exact) mass is 665 g/mol. The summed E-state index contributed by atoms with van der Waals surface area (Å²) in [4.78, 5) is 20.4. The lowest BCUT2D eigenvalue weighted by molar-refractivity contribution is 0.969. The average Bonchev–Trinajstić information content (AvgIpc) is 3.74. The highest BCUT2D eigenvalue weighted by Gasteiger charge is 2.34. The van der Waals surface area contributed by atoms with Crippen molar-refractivity contribution in [3.63, 3.8) is 0 Å². The second kappa shape index (κ2) is 10.2. The van der Waals surface area contributed by atoms with Crippen molar-refractivity contribution in [3.8, 4) is 22.8 Å². The van der Waals surface area contributed by atoms with Crippen molar-refractivity contribution < 1.29 is 0 Å². The van der Waals surface area contributed by atoms with Gasteiger partial charge < -0.3 is 9.13 Å². The standard InChI is InChI=1S/C45H27N7/c1-2-14-28(15-3-1)43-46-44(51-37-24-10-8-22-35(37)49-33-20-6-4-16-29(33)31-18-12-26-39(51)41(31)49)48-45(47-43)52-38-25-11-9-23-36(38)50-34-21-7-5-17-30(34)32-19-13-27-40(52)42(32)50/h1-27H. The fourth-order valence-corrected chi connectivity index (χ4v) is 8.51. The van der Waals surface area contributed by atoms with Crippen LogP contribution in [0.1, 0.15) is 0 Å². The molecule has 0 atom stereocenters. The molecular formula is C45H27N7. The number of para-hydroxylation sites is 8. The lowest BCUT2D eigenvalue weighted by atomic mass is 10.1. The molecule has 0 radical (unpaired) electrons. The van der Waals surface area contributed by atoms with Crippen LogP contribution in [0.4, 0.5) is 34.6 Å². The number of fused-ring (bicyclic) bond motifs is 10. The summed E-state index contributed by atoms with van der Waals surface area (Å²) in [6.07, 6.45) is 0. The Labute approximate surface area is 297 Å². The van der Waals surface area contributed by atoms with E-state index in [-0.39, 0.29) is 0 Å². The van der Waals surface area contributed by atoms with Crippen LogP contribution in [-0.2, 0) is 0 Å². The van der Waals surface area contributed by atoms with Crippen LogP contribution in [0.15, 0.2) is 164 Å². The van der Waals surface area contributed by atoms with Crippen LogP contribution in [0, 0.1) is 0 Å². The van der Waals surface area contributed by atoms with Gasteiger partial charge in [-0.2, -0.15) is 15.0 Å². The number of aromatic nitrogens is 5. The molecule has 10 aromatic rings. The van der Waals surface area contributed by atoms with Gasteiger partial charge in [0.25, 0.3) is 0 Å². The summed E-state index contributed by atoms with van der Waals surface area (Å²) in [5, 5.41) is 4.81. The summed E-state index contributed by atoms with van der Waals surface area (Å²) in [6, 6.07) is 57.6. The minimum atomic E-state index is 0.552. The first-order chi connectivity index (χ1) is 25.8. The number of rotatable bonds is 3. The number of anilines is 6. The van der Waals surface area contributed by atoms with Crippen LogP contribution in [0.25, 0.3) is 66.4 Å². The first kappa shape index (κ1) is 27.6. The van der Waals surface area contributed by atoms with Crippen molar-refractivity contribution in [1.29, 1.82) is 0 Å². The maximum Gasteiger partial charge on any atom is 0.240 e. The molecule has 5 heterocycles. The maximum absolute atomic E-state index is 5.44. The fraction of sp³-hybridized carbons (Fsp3) is 0. The topological polar surface area (TPSA) is 55.0 Å². The summed E-state index contributed by atoms with van der Waals surface area (Å²) >= 11 is 0. The molecule has 12 rings (SSSR count). The van der Waals surface area contributed by atoms with E-state index in [0.29, 0.717) is 17.7 Å². The molecule has 242 valence electrons. The largest absolute Gasteiger partial charge is 0.305 e. The predicted molar refractivity (Wildman–Crippen MR) is 210 cm³/mol. The third-order valence-electron chi connectivity index (χ3n) is 10.6. The highest BCUT2D eigenvalue weighted by Crippen LogP contribution is 2.51. The molecule has 0 unspecified atom stereocenters. The van der Waals surface area contributed by atoms with Crippen molar-refractivity contribution in [2.24, 2.45) is 0 Å². The van der Waals surface area contributed by atoms with Gasteiger partial charge in [0.15, 0.2) is 5.82 Å². The normalized spacial score (nSPS) is 12.9. The van der Waals surface area contributed by atoms with E-state index >= 15 is 0 Å². The van der Waals surface area contributed by atoms with Crippen molar-refractivity contribution in [1.82, 2.24) is 24.1 Å². The smallest absolute Gasteiger partial charge is 0.240 e. The molecular weight excluding hydrogens is 639 g/mol. The molecule has 0 bridgehead atoms. The number of hydrogen-bond acceptors (Lipinski definition) is 5. The molecule has 0 aliphatic carbocycles. The van der Waals surface area contributed by atoms with Crippen LogP contribution < -0.4 is 9.80 Å². The Morgan fingerprint density at radius 1 is 0.308 bits per heavy atom. The van der Waals surface area contributed by atoms with E-state index in [0.717, 1.165) is 50.7 Å². The summed E-state index contributed by atoms with van der Waals surface area (Å²) in [5.74, 6) is 1.71. The Kier molecular flexibility index (Phi) is 5.38. The SMILES string of the molecule is c1ccc(-c2nc(N3c4ccccc4-n4c5ccccc5c5cccc3c54)nc(N3c4ccccc4-n4c5ccccc5c5cccc3c54)n2)cc1. The van der Waals surface area contributed by atoms with Crippen LogP contribution in [0.3, 0.4) is 0 Å². The van der Waals surface area contributed by atoms with Crippen LogP contribution in [0.5, 0.6) is 0 Å². The second-order valence-corrected chi connectivity index (χ2v) is 13.3. The third-order valence-corrected chi connectivity index (χ3v) is 10.6. The summed E-state index contributed by atoms with van der Waals surface area (Å²) in [7, 11) is 0. The minimum absolute atomic E-state index is 0.552. The maximum atomic E-state index is 5.44. The van der Waals surface area contributed by atoms with Crippen molar-refractivity contribution in [2.45, 2.75) is 0 Å². The molecule has 2 aliphatic heterocycles. The third kappa shape index (κ3) is 3.56. The summed E-state index contributed by atoms with van der Waals surface area (Å²) in [5.41, 5.74) is 11.7. The molecule has 0 spiro atoms. The molecule has 0 fully saturated rings. The highest BCUT2D eigenvalue weighted by atomic mass is 15.4. The molecule has 0 amide bonds. The van der Waals surface area contributed by atoms with Gasteiger partial charge in [0.1, 0.15) is 0 Å². The zero-order valence-electron chi connectivity index (χ0n) is 27.7. The molecule has 0 N–H and O–H groups in total. The minimum Gasteiger partial charge on any atom is -0.305 e. The van der Waals surface area contributed by atoms with Gasteiger partial charge in [-0.05, 0) is 48.5 Å². The molecule has 3 aromatic heterocycles. The van der Waals surface area contributed by atoms with E-state index in [1.165, 1.54) is 32.6 Å². The molecule has 7 nitrogen and oxygen atoms in total. The zero-order chi connectivity index (χ0) is 33.9. The van der Waals surface area contributed by atoms with Gasteiger partial charge in [0.05, 0.1) is 56.2 Å². The number of benzene rings is 7. The molecule has 7 aromatic carbocycles. The molecule has 0 saturated carbocycles. The quantitative estimate of drug-likeness (QED) is 0.188. The van der Waals surface area contributed by atoms with E-state index in [2.05, 4.69) is 165 Å². The van der Waals surface area contributed by atoms with E-state index in [4.69, 9.17) is 15.0 Å². The summed E-state index contributed by atoms with van der Waals surface area (Å²) < 4.78 is 4.76. The lowest BCUT2D eigenvalue weighted by Crippen LogP contribution is -2.24. The van der Waals surface area contributed by atoms with Gasteiger partial charge in [-0.25, -0.2) is 0 Å². The van der Waals surface area contributed by atoms with Crippen molar-refractivity contribution in [3.05, 3.63) is 164 Å². The van der Waals surface area contributed by atoms with Gasteiger partial charge in [-0.1, -0.05) is 115 Å². The Bertz CT molecular complexity index is 2920. The Morgan fingerprint density at radius 3 is 1.23 bits per heavy atom. The Hall–Kier alpha value is -7.25. The average molecular weight is 666 g/mol. The number of nitrogens with zero attached hydrogens (tertiary/aromatic N) is 7. The van der Waals surface area contributed by atoms with Gasteiger partial charge in [-0.3, -0.25) is 9.80 Å². The van der Waals surface area contributed by atoms with E-state index in [1.54, 1.807) is 0 Å². The first-order valence-corrected chi connectivity index (χ1v) is 17.5. The van der Waals surface area contributed by atoms with E-state index in [1.807, 2.05) is 18.2 Å². The van der Waals surface area contributed by atoms with E-state index in [9.17, 15) is 0 Å². The van der Waals surface area contributed by atoms with Crippen molar-refractivity contribution in [2.75, 3.05) is 9.80 Å². The van der Waals surface area contributed by atoms with Crippen molar-refractivity contribution >= 4 is 78.3 Å². The summed E-state index contributed by atoms with van der Waals surface area (Å²) in [6.45, 7) is 0. The van der Waals surface area contributed by atoms with Gasteiger partial charge in [0.2, 0.25) is 11.9 Å². The molecule has 52 heavy (non-hydrogen) atoms. The number of hydrogen-bond donors (Lipinski definition) is 0. The van der Waals surface area contributed by atoms with Crippen LogP contribution in [0.2, 0.25) is 0 Å². The fourth-order valence-electron chi connectivity index (χ4n) is 8.51. The first-order valence-electron chi connectivity index (χ1n) is 17.5. The lowest BCUT2D eigenvalue weighted by Gasteiger charge is -2.34. The molecule has 7 heteroatoms. The predicted octanol–water partition coefficient (Wildman–Crippen LogP) is 11.3. The van der Waals surface area contributed by atoms with Gasteiger partial charge in [0, 0.05) is 27.1 Å². The molecule has 0 saturated heterocycles.